The van der Waals surface area contributed by atoms with Gasteiger partial charge in [-0.05, 0) is 47.5 Å². The number of H-pyrrole nitrogens is 2. The highest BCUT2D eigenvalue weighted by molar-refractivity contribution is 5.63. The van der Waals surface area contributed by atoms with Crippen molar-refractivity contribution in [3.05, 3.63) is 66.8 Å². The maximum atomic E-state index is 12.7. The van der Waals surface area contributed by atoms with Crippen LogP contribution in [0, 0.1) is 0 Å². The van der Waals surface area contributed by atoms with Crippen LogP contribution in [0.15, 0.2) is 33.9 Å². The van der Waals surface area contributed by atoms with Crippen molar-refractivity contribution in [3.8, 4) is 34.5 Å². The van der Waals surface area contributed by atoms with Crippen molar-refractivity contribution < 1.29 is 28.4 Å². The molecule has 2 aromatic carbocycles. The number of nitrogens with one attached hydrogen (secondary N) is 2. The van der Waals surface area contributed by atoms with Gasteiger partial charge in [-0.2, -0.15) is 0 Å². The van der Waals surface area contributed by atoms with E-state index in [1.807, 2.05) is 0 Å². The molecule has 0 spiro atoms. The Bertz CT molecular complexity index is 1260. The molecular weight excluding hydrogens is 444 g/mol. The fourth-order valence-electron chi connectivity index (χ4n) is 3.40. The minimum atomic E-state index is -0.493. The van der Waals surface area contributed by atoms with E-state index in [1.165, 1.54) is 54.8 Å². The topological polar surface area (TPSA) is 121 Å². The predicted octanol–water partition coefficient (Wildman–Crippen LogP) is 0.772. The van der Waals surface area contributed by atoms with E-state index in [0.29, 0.717) is 45.6 Å². The Morgan fingerprint density at radius 1 is 0.529 bits per heavy atom. The van der Waals surface area contributed by atoms with Gasteiger partial charge in [-0.15, -0.1) is 0 Å². The smallest absolute Gasteiger partial charge is 0.272 e. The van der Waals surface area contributed by atoms with Crippen molar-refractivity contribution in [1.82, 2.24) is 9.97 Å². The number of benzene rings is 2. The lowest BCUT2D eigenvalue weighted by Crippen LogP contribution is -2.46. The Morgan fingerprint density at radius 3 is 1.06 bits per heavy atom. The molecule has 180 valence electrons. The minimum absolute atomic E-state index is 0.0568. The molecule has 34 heavy (non-hydrogen) atoms. The Kier molecular flexibility index (Phi) is 7.52. The van der Waals surface area contributed by atoms with E-state index < -0.39 is 11.1 Å². The normalized spacial score (nSPS) is 11.8. The van der Waals surface area contributed by atoms with Gasteiger partial charge in [0.05, 0.1) is 42.7 Å². The third-order valence-corrected chi connectivity index (χ3v) is 4.98. The highest BCUT2D eigenvalue weighted by atomic mass is 16.5. The Balaban J connectivity index is 2.15. The number of methoxy groups -OCH3 is 6. The SMILES string of the molecule is COc1cc(C=c2[nH]c(=O)c(=Cc3cc(OC)c(OC)c(OC)c3)[nH]c2=O)cc(OC)c1OC. The van der Waals surface area contributed by atoms with Crippen molar-refractivity contribution in [1.29, 1.82) is 0 Å². The van der Waals surface area contributed by atoms with Crippen LogP contribution in [-0.2, 0) is 0 Å². The van der Waals surface area contributed by atoms with Gasteiger partial charge < -0.3 is 38.4 Å². The summed E-state index contributed by atoms with van der Waals surface area (Å²) in [5.41, 5.74) is 0.146. The van der Waals surface area contributed by atoms with Crippen LogP contribution in [0.2, 0.25) is 0 Å². The molecule has 10 heteroatoms. The zero-order chi connectivity index (χ0) is 24.8. The van der Waals surface area contributed by atoms with E-state index in [0.717, 1.165) is 0 Å². The molecule has 0 saturated heterocycles. The second-order valence-corrected chi connectivity index (χ2v) is 6.94. The first-order chi connectivity index (χ1) is 16.4. The van der Waals surface area contributed by atoms with Crippen LogP contribution >= 0.6 is 0 Å². The Hall–Kier alpha value is -4.34. The number of aromatic nitrogens is 2. The molecule has 0 unspecified atom stereocenters. The van der Waals surface area contributed by atoms with Crippen molar-refractivity contribution in [2.24, 2.45) is 0 Å². The van der Waals surface area contributed by atoms with Crippen LogP contribution < -0.4 is 50.2 Å². The van der Waals surface area contributed by atoms with Crippen LogP contribution in [0.25, 0.3) is 12.2 Å². The summed E-state index contributed by atoms with van der Waals surface area (Å²) in [6, 6.07) is 6.65. The van der Waals surface area contributed by atoms with E-state index in [4.69, 9.17) is 28.4 Å². The highest BCUT2D eigenvalue weighted by Crippen LogP contribution is 2.39. The third kappa shape index (κ3) is 4.85. The van der Waals surface area contributed by atoms with Crippen molar-refractivity contribution in [3.63, 3.8) is 0 Å². The third-order valence-electron chi connectivity index (χ3n) is 4.98. The molecule has 1 aromatic heterocycles. The van der Waals surface area contributed by atoms with Crippen LogP contribution in [-0.4, -0.2) is 52.6 Å². The minimum Gasteiger partial charge on any atom is -0.493 e. The molecule has 0 fully saturated rings. The van der Waals surface area contributed by atoms with E-state index >= 15 is 0 Å². The first-order valence-electron chi connectivity index (χ1n) is 10.0. The zero-order valence-corrected chi connectivity index (χ0v) is 19.7. The van der Waals surface area contributed by atoms with Gasteiger partial charge in [0.2, 0.25) is 11.5 Å². The molecule has 0 aliphatic rings. The van der Waals surface area contributed by atoms with Crippen LogP contribution in [0.5, 0.6) is 34.5 Å². The fourth-order valence-corrected chi connectivity index (χ4v) is 3.40. The summed E-state index contributed by atoms with van der Waals surface area (Å²) in [7, 11) is 8.95. The lowest BCUT2D eigenvalue weighted by molar-refractivity contribution is 0.324. The van der Waals surface area contributed by atoms with Gasteiger partial charge in [-0.1, -0.05) is 0 Å². The summed E-state index contributed by atoms with van der Waals surface area (Å²) in [4.78, 5) is 30.7. The maximum Gasteiger partial charge on any atom is 0.272 e. The summed E-state index contributed by atoms with van der Waals surface area (Å²) in [5.74, 6) is 2.50. The number of rotatable bonds is 8. The standard InChI is InChI=1S/C24H26N2O8/c1-29-17-9-13(10-18(30-2)21(17)33-5)7-15-23(27)26-16(24(28)25-15)8-14-11-19(31-3)22(34-6)20(12-14)32-4/h7-12H,1-6H3,(H,25,28)(H,26,27). The van der Waals surface area contributed by atoms with Gasteiger partial charge in [0.25, 0.3) is 11.1 Å². The molecule has 0 saturated carbocycles. The lowest BCUT2D eigenvalue weighted by atomic mass is 10.1. The van der Waals surface area contributed by atoms with Gasteiger partial charge in [-0.3, -0.25) is 9.59 Å². The van der Waals surface area contributed by atoms with Crippen molar-refractivity contribution in [2.75, 3.05) is 42.7 Å². The number of hydrogen-bond donors (Lipinski definition) is 2. The zero-order valence-electron chi connectivity index (χ0n) is 19.7. The first-order valence-corrected chi connectivity index (χ1v) is 10.0. The molecule has 2 N–H and O–H groups in total. The average molecular weight is 470 g/mol. The molecule has 0 bridgehead atoms. The molecule has 0 aliphatic carbocycles. The van der Waals surface area contributed by atoms with Crippen molar-refractivity contribution in [2.45, 2.75) is 0 Å². The fraction of sp³-hybridized carbons (Fsp3) is 0.250. The van der Waals surface area contributed by atoms with Gasteiger partial charge in [-0.25, -0.2) is 0 Å². The molecule has 10 nitrogen and oxygen atoms in total. The largest absolute Gasteiger partial charge is 0.493 e. The number of aromatic amines is 2. The Morgan fingerprint density at radius 2 is 0.824 bits per heavy atom. The molecule has 0 amide bonds. The van der Waals surface area contributed by atoms with Crippen LogP contribution in [0.4, 0.5) is 0 Å². The summed E-state index contributed by atoms with van der Waals surface area (Å²) < 4.78 is 31.9. The molecule has 3 aromatic rings. The summed E-state index contributed by atoms with van der Waals surface area (Å²) in [5, 5.41) is 0.114. The molecule has 0 aliphatic heterocycles. The number of hydrogen-bond acceptors (Lipinski definition) is 8. The van der Waals surface area contributed by atoms with Crippen LogP contribution in [0.1, 0.15) is 11.1 Å². The average Bonchev–Trinajstić information content (AvgIpc) is 2.85. The molecule has 0 atom stereocenters. The molecular formula is C24H26N2O8. The quantitative estimate of drug-likeness (QED) is 0.495. The summed E-state index contributed by atoms with van der Waals surface area (Å²) in [6.07, 6.45) is 3.02. The lowest BCUT2D eigenvalue weighted by Gasteiger charge is -2.12. The number of ether oxygens (including phenoxy) is 6. The molecule has 0 radical (unpaired) electrons. The van der Waals surface area contributed by atoms with E-state index in [-0.39, 0.29) is 10.7 Å². The second kappa shape index (κ2) is 10.5. The maximum absolute atomic E-state index is 12.7. The second-order valence-electron chi connectivity index (χ2n) is 6.94. The van der Waals surface area contributed by atoms with Crippen LogP contribution in [0.3, 0.4) is 0 Å². The Labute approximate surface area is 195 Å². The summed E-state index contributed by atoms with van der Waals surface area (Å²) in [6.45, 7) is 0. The van der Waals surface area contributed by atoms with Crippen molar-refractivity contribution >= 4 is 12.2 Å². The summed E-state index contributed by atoms with van der Waals surface area (Å²) >= 11 is 0. The van der Waals surface area contributed by atoms with Gasteiger partial charge in [0.1, 0.15) is 10.7 Å². The van der Waals surface area contributed by atoms with E-state index in [9.17, 15) is 9.59 Å². The predicted molar refractivity (Wildman–Crippen MR) is 126 cm³/mol. The highest BCUT2D eigenvalue weighted by Gasteiger charge is 2.14. The van der Waals surface area contributed by atoms with E-state index in [2.05, 4.69) is 9.97 Å². The first kappa shape index (κ1) is 24.3. The van der Waals surface area contributed by atoms with Gasteiger partial charge in [0.15, 0.2) is 23.0 Å². The molecule has 3 rings (SSSR count). The molecule has 1 heterocycles. The van der Waals surface area contributed by atoms with Gasteiger partial charge >= 0.3 is 0 Å². The van der Waals surface area contributed by atoms with E-state index in [1.54, 1.807) is 24.3 Å². The van der Waals surface area contributed by atoms with Gasteiger partial charge in [0, 0.05) is 0 Å². The monoisotopic (exact) mass is 470 g/mol.